The van der Waals surface area contributed by atoms with Gasteiger partial charge in [0, 0.05) is 7.11 Å². The Hall–Kier alpha value is -1.49. The molecule has 5 heteroatoms. The van der Waals surface area contributed by atoms with Gasteiger partial charge in [-0.15, -0.1) is 5.10 Å². The fraction of sp³-hybridized carbons (Fsp3) is 0.375. The van der Waals surface area contributed by atoms with Crippen molar-refractivity contribution in [1.29, 1.82) is 0 Å². The van der Waals surface area contributed by atoms with Crippen molar-refractivity contribution in [3.63, 3.8) is 0 Å². The van der Waals surface area contributed by atoms with Gasteiger partial charge in [-0.05, 0) is 12.1 Å². The molecule has 0 bridgehead atoms. The number of methoxy groups -OCH3 is 2. The van der Waals surface area contributed by atoms with Crippen molar-refractivity contribution in [2.24, 2.45) is 0 Å². The van der Waals surface area contributed by atoms with Crippen LogP contribution in [0.1, 0.15) is 16.2 Å². The van der Waals surface area contributed by atoms with Crippen molar-refractivity contribution in [2.45, 2.75) is 6.61 Å². The monoisotopic (exact) mass is 182 g/mol. The molecule has 13 heavy (non-hydrogen) atoms. The van der Waals surface area contributed by atoms with Crippen LogP contribution >= 0.6 is 0 Å². The molecule has 70 valence electrons. The summed E-state index contributed by atoms with van der Waals surface area (Å²) in [6.07, 6.45) is 0. The maximum Gasteiger partial charge on any atom is 0.358 e. The van der Waals surface area contributed by atoms with E-state index in [0.29, 0.717) is 12.3 Å². The Labute approximate surface area is 75.7 Å². The van der Waals surface area contributed by atoms with Crippen molar-refractivity contribution >= 4 is 5.97 Å². The van der Waals surface area contributed by atoms with Crippen LogP contribution in [-0.2, 0) is 16.1 Å². The first-order valence-corrected chi connectivity index (χ1v) is 3.67. The zero-order valence-corrected chi connectivity index (χ0v) is 7.48. The zero-order chi connectivity index (χ0) is 9.68. The van der Waals surface area contributed by atoms with Crippen LogP contribution in [-0.4, -0.2) is 30.4 Å². The largest absolute Gasteiger partial charge is 0.464 e. The predicted molar refractivity (Wildman–Crippen MR) is 44.1 cm³/mol. The van der Waals surface area contributed by atoms with E-state index in [2.05, 4.69) is 14.9 Å². The summed E-state index contributed by atoms with van der Waals surface area (Å²) >= 11 is 0. The lowest BCUT2D eigenvalue weighted by molar-refractivity contribution is 0.0592. The maximum absolute atomic E-state index is 10.9. The SMILES string of the molecule is COCc1ccc(C(=O)OC)nn1. The number of esters is 1. The molecule has 5 nitrogen and oxygen atoms in total. The van der Waals surface area contributed by atoms with E-state index in [-0.39, 0.29) is 5.69 Å². The van der Waals surface area contributed by atoms with Crippen molar-refractivity contribution in [3.8, 4) is 0 Å². The summed E-state index contributed by atoms with van der Waals surface area (Å²) in [5.41, 5.74) is 0.873. The third-order valence-corrected chi connectivity index (χ3v) is 1.41. The summed E-state index contributed by atoms with van der Waals surface area (Å²) in [4.78, 5) is 10.9. The first-order valence-electron chi connectivity index (χ1n) is 3.67. The van der Waals surface area contributed by atoms with Gasteiger partial charge in [-0.1, -0.05) is 0 Å². The molecule has 0 amide bonds. The van der Waals surface area contributed by atoms with Crippen LogP contribution in [0.5, 0.6) is 0 Å². The lowest BCUT2D eigenvalue weighted by Gasteiger charge is -1.99. The minimum atomic E-state index is -0.489. The highest BCUT2D eigenvalue weighted by Gasteiger charge is 2.06. The molecule has 0 saturated carbocycles. The van der Waals surface area contributed by atoms with E-state index in [9.17, 15) is 4.79 Å². The zero-order valence-electron chi connectivity index (χ0n) is 7.48. The third kappa shape index (κ3) is 2.48. The molecule has 1 aromatic rings. The lowest BCUT2D eigenvalue weighted by Crippen LogP contribution is -2.06. The van der Waals surface area contributed by atoms with Crippen LogP contribution in [0.25, 0.3) is 0 Å². The van der Waals surface area contributed by atoms with Gasteiger partial charge in [0.15, 0.2) is 5.69 Å². The third-order valence-electron chi connectivity index (χ3n) is 1.41. The molecular formula is C8H10N2O3. The number of carbonyl (C=O) groups is 1. The molecule has 1 aromatic heterocycles. The number of hydrogen-bond acceptors (Lipinski definition) is 5. The number of carbonyl (C=O) groups excluding carboxylic acids is 1. The summed E-state index contributed by atoms with van der Waals surface area (Å²) in [7, 11) is 2.86. The van der Waals surface area contributed by atoms with Gasteiger partial charge in [-0.25, -0.2) is 4.79 Å². The quantitative estimate of drug-likeness (QED) is 0.633. The van der Waals surface area contributed by atoms with E-state index in [4.69, 9.17) is 4.74 Å². The molecule has 0 fully saturated rings. The van der Waals surface area contributed by atoms with E-state index < -0.39 is 5.97 Å². The Morgan fingerprint density at radius 1 is 1.38 bits per heavy atom. The normalized spacial score (nSPS) is 9.69. The average Bonchev–Trinajstić information content (AvgIpc) is 2.18. The molecule has 0 unspecified atom stereocenters. The van der Waals surface area contributed by atoms with Gasteiger partial charge in [0.05, 0.1) is 19.4 Å². The topological polar surface area (TPSA) is 61.3 Å². The van der Waals surface area contributed by atoms with Gasteiger partial charge in [0.2, 0.25) is 0 Å². The van der Waals surface area contributed by atoms with Gasteiger partial charge < -0.3 is 9.47 Å². The molecule has 1 heterocycles. The summed E-state index contributed by atoms with van der Waals surface area (Å²) in [6.45, 7) is 0.383. The second kappa shape index (κ2) is 4.51. The smallest absolute Gasteiger partial charge is 0.358 e. The molecule has 0 aromatic carbocycles. The van der Waals surface area contributed by atoms with Crippen LogP contribution in [0.3, 0.4) is 0 Å². The van der Waals surface area contributed by atoms with Crippen molar-refractivity contribution in [3.05, 3.63) is 23.5 Å². The van der Waals surface area contributed by atoms with E-state index in [0.717, 1.165) is 0 Å². The molecule has 0 spiro atoms. The van der Waals surface area contributed by atoms with Gasteiger partial charge in [-0.3, -0.25) is 0 Å². The standard InChI is InChI=1S/C8H10N2O3/c1-12-5-6-3-4-7(10-9-6)8(11)13-2/h3-4H,5H2,1-2H3. The first kappa shape index (κ1) is 9.60. The van der Waals surface area contributed by atoms with Crippen LogP contribution in [0, 0.1) is 0 Å². The molecule has 0 radical (unpaired) electrons. The first-order chi connectivity index (χ1) is 6.27. The van der Waals surface area contributed by atoms with E-state index in [1.54, 1.807) is 19.2 Å². The van der Waals surface area contributed by atoms with Crippen LogP contribution in [0.15, 0.2) is 12.1 Å². The van der Waals surface area contributed by atoms with Crippen LogP contribution < -0.4 is 0 Å². The fourth-order valence-electron chi connectivity index (χ4n) is 0.798. The summed E-state index contributed by atoms with van der Waals surface area (Å²) < 4.78 is 9.30. The maximum atomic E-state index is 10.9. The number of hydrogen-bond donors (Lipinski definition) is 0. The highest BCUT2D eigenvalue weighted by Crippen LogP contribution is 1.98. The number of nitrogens with zero attached hydrogens (tertiary/aromatic N) is 2. The van der Waals surface area contributed by atoms with Gasteiger partial charge >= 0.3 is 5.97 Å². The van der Waals surface area contributed by atoms with E-state index in [1.165, 1.54) is 7.11 Å². The summed E-state index contributed by atoms with van der Waals surface area (Å²) in [5, 5.41) is 7.43. The Bertz CT molecular complexity index is 284. The van der Waals surface area contributed by atoms with Crippen LogP contribution in [0.4, 0.5) is 0 Å². The molecule has 0 aliphatic heterocycles. The number of rotatable bonds is 3. The number of aromatic nitrogens is 2. The van der Waals surface area contributed by atoms with Gasteiger partial charge in [-0.2, -0.15) is 5.10 Å². The predicted octanol–water partition coefficient (Wildman–Crippen LogP) is 0.410. The highest BCUT2D eigenvalue weighted by atomic mass is 16.5. The minimum absolute atomic E-state index is 0.197. The van der Waals surface area contributed by atoms with E-state index >= 15 is 0 Å². The number of ether oxygens (including phenoxy) is 2. The second-order valence-electron chi connectivity index (χ2n) is 2.33. The lowest BCUT2D eigenvalue weighted by atomic mass is 10.3. The summed E-state index contributed by atoms with van der Waals surface area (Å²) in [5.74, 6) is -0.489. The van der Waals surface area contributed by atoms with E-state index in [1.807, 2.05) is 0 Å². The Balaban J connectivity index is 2.75. The second-order valence-corrected chi connectivity index (χ2v) is 2.33. The summed E-state index contributed by atoms with van der Waals surface area (Å²) in [6, 6.07) is 3.22. The molecular weight excluding hydrogens is 172 g/mol. The average molecular weight is 182 g/mol. The van der Waals surface area contributed by atoms with Crippen LogP contribution in [0.2, 0.25) is 0 Å². The van der Waals surface area contributed by atoms with Gasteiger partial charge in [0.1, 0.15) is 0 Å². The van der Waals surface area contributed by atoms with Crippen molar-refractivity contribution < 1.29 is 14.3 Å². The fourth-order valence-corrected chi connectivity index (χ4v) is 0.798. The Kier molecular flexibility index (Phi) is 3.33. The van der Waals surface area contributed by atoms with Gasteiger partial charge in [0.25, 0.3) is 0 Å². The Morgan fingerprint density at radius 3 is 2.62 bits per heavy atom. The molecule has 0 atom stereocenters. The molecule has 0 N–H and O–H groups in total. The molecule has 0 saturated heterocycles. The highest BCUT2D eigenvalue weighted by molar-refractivity contribution is 5.86. The molecule has 0 aliphatic rings. The van der Waals surface area contributed by atoms with Crippen molar-refractivity contribution in [2.75, 3.05) is 14.2 Å². The minimum Gasteiger partial charge on any atom is -0.464 e. The molecule has 1 rings (SSSR count). The molecule has 0 aliphatic carbocycles. The van der Waals surface area contributed by atoms with Crippen molar-refractivity contribution in [1.82, 2.24) is 10.2 Å². The Morgan fingerprint density at radius 2 is 2.15 bits per heavy atom.